The van der Waals surface area contributed by atoms with Gasteiger partial charge in [0.05, 0.1) is 12.7 Å². The number of aromatic amines is 2. The summed E-state index contributed by atoms with van der Waals surface area (Å²) in [5.74, 6) is 0.807. The molecule has 2 atom stereocenters. The molecule has 4 N–H and O–H groups in total. The zero-order chi connectivity index (χ0) is 20.5. The molecule has 0 aliphatic heterocycles. The molecule has 152 valence electrons. The molecule has 0 saturated carbocycles. The van der Waals surface area contributed by atoms with Crippen LogP contribution in [0.1, 0.15) is 45.5 Å². The molecule has 2 aromatic carbocycles. The predicted octanol–water partition coefficient (Wildman–Crippen LogP) is 4.31. The van der Waals surface area contributed by atoms with E-state index in [0.29, 0.717) is 11.8 Å². The molecule has 0 amide bonds. The summed E-state index contributed by atoms with van der Waals surface area (Å²) in [7, 11) is 0. The molecule has 0 fully saturated rings. The van der Waals surface area contributed by atoms with Crippen LogP contribution in [0.4, 0.5) is 10.1 Å². The number of H-pyrrole nitrogens is 2. The van der Waals surface area contributed by atoms with Crippen molar-refractivity contribution in [2.24, 2.45) is 0 Å². The second kappa shape index (κ2) is 7.78. The van der Waals surface area contributed by atoms with E-state index in [4.69, 9.17) is 5.73 Å². The number of nitrogens with one attached hydrogen (secondary N) is 2. The molecule has 30 heavy (non-hydrogen) atoms. The minimum absolute atomic E-state index is 0.0745. The minimum Gasteiger partial charge on any atom is -0.398 e. The standard InChI is InChI=1S/C12H11FN2.C12H13N3/c2*13-11-3-1-2-8-4-9(5-10(8)11)12-6-14-7-15-12/h1-3,6-7,9H,4-5H2,(H,14,15);1-3,6-7,9H,4-5,13H2,(H,14,15). The van der Waals surface area contributed by atoms with E-state index in [1.54, 1.807) is 18.7 Å². The summed E-state index contributed by atoms with van der Waals surface area (Å²) in [4.78, 5) is 14.3. The van der Waals surface area contributed by atoms with Gasteiger partial charge in [0, 0.05) is 41.3 Å². The molecule has 0 radical (unpaired) electrons. The molecular weight excluding hydrogens is 377 g/mol. The largest absolute Gasteiger partial charge is 0.398 e. The number of anilines is 1. The number of imidazole rings is 2. The molecule has 6 heteroatoms. The van der Waals surface area contributed by atoms with Gasteiger partial charge < -0.3 is 15.7 Å². The summed E-state index contributed by atoms with van der Waals surface area (Å²) in [6.07, 6.45) is 10.9. The zero-order valence-corrected chi connectivity index (χ0v) is 16.6. The van der Waals surface area contributed by atoms with Crippen molar-refractivity contribution in [2.45, 2.75) is 37.5 Å². The van der Waals surface area contributed by atoms with Crippen LogP contribution in [0.25, 0.3) is 0 Å². The van der Waals surface area contributed by atoms with Gasteiger partial charge in [-0.3, -0.25) is 0 Å². The van der Waals surface area contributed by atoms with Crippen LogP contribution < -0.4 is 5.73 Å². The molecule has 2 aliphatic rings. The molecular formula is C24H24FN5. The quantitative estimate of drug-likeness (QED) is 0.438. The maximum atomic E-state index is 13.5. The lowest BCUT2D eigenvalue weighted by Crippen LogP contribution is -1.98. The highest BCUT2D eigenvalue weighted by molar-refractivity contribution is 5.54. The van der Waals surface area contributed by atoms with Crippen LogP contribution in [0.3, 0.4) is 0 Å². The molecule has 2 aromatic heterocycles. The lowest BCUT2D eigenvalue weighted by molar-refractivity contribution is 0.606. The van der Waals surface area contributed by atoms with Gasteiger partial charge in [0.2, 0.25) is 0 Å². The first kappa shape index (κ1) is 18.6. The van der Waals surface area contributed by atoms with Gasteiger partial charge in [-0.1, -0.05) is 24.3 Å². The fourth-order valence-electron chi connectivity index (χ4n) is 4.71. The molecule has 5 nitrogen and oxygen atoms in total. The topological polar surface area (TPSA) is 83.4 Å². The number of halogens is 1. The van der Waals surface area contributed by atoms with Gasteiger partial charge in [0.25, 0.3) is 0 Å². The Kier molecular flexibility index (Phi) is 4.83. The summed E-state index contributed by atoms with van der Waals surface area (Å²) < 4.78 is 13.5. The number of nitrogen functional groups attached to an aromatic ring is 1. The molecule has 0 bridgehead atoms. The number of nitrogens with zero attached hydrogens (tertiary/aromatic N) is 2. The van der Waals surface area contributed by atoms with E-state index >= 15 is 0 Å². The summed E-state index contributed by atoms with van der Waals surface area (Å²) in [6.45, 7) is 0. The molecule has 2 heterocycles. The lowest BCUT2D eigenvalue weighted by Gasteiger charge is -2.04. The maximum Gasteiger partial charge on any atom is 0.126 e. The van der Waals surface area contributed by atoms with Crippen LogP contribution >= 0.6 is 0 Å². The Morgan fingerprint density at radius 2 is 1.33 bits per heavy atom. The molecule has 0 saturated heterocycles. The Hall–Kier alpha value is -3.41. The molecule has 6 rings (SSSR count). The molecule has 0 spiro atoms. The first-order chi connectivity index (χ1) is 14.7. The van der Waals surface area contributed by atoms with Gasteiger partial charge >= 0.3 is 0 Å². The van der Waals surface area contributed by atoms with E-state index in [0.717, 1.165) is 48.2 Å². The highest BCUT2D eigenvalue weighted by Gasteiger charge is 2.26. The first-order valence-corrected chi connectivity index (χ1v) is 10.3. The number of rotatable bonds is 2. The Morgan fingerprint density at radius 3 is 1.87 bits per heavy atom. The van der Waals surface area contributed by atoms with Crippen LogP contribution in [-0.4, -0.2) is 19.9 Å². The fourth-order valence-corrected chi connectivity index (χ4v) is 4.71. The van der Waals surface area contributed by atoms with E-state index in [1.807, 2.05) is 30.6 Å². The smallest absolute Gasteiger partial charge is 0.126 e. The highest BCUT2D eigenvalue weighted by Crippen LogP contribution is 2.36. The first-order valence-electron chi connectivity index (χ1n) is 10.3. The van der Waals surface area contributed by atoms with Crippen LogP contribution in [0.5, 0.6) is 0 Å². The number of hydrogen-bond acceptors (Lipinski definition) is 3. The Labute approximate surface area is 174 Å². The summed E-state index contributed by atoms with van der Waals surface area (Å²) in [6, 6.07) is 11.5. The maximum absolute atomic E-state index is 13.5. The Bertz CT molecular complexity index is 1040. The molecule has 4 aromatic rings. The summed E-state index contributed by atoms with van der Waals surface area (Å²) in [5.41, 5.74) is 13.9. The van der Waals surface area contributed by atoms with Gasteiger partial charge in [-0.05, 0) is 60.1 Å². The van der Waals surface area contributed by atoms with Gasteiger partial charge in [0.15, 0.2) is 0 Å². The lowest BCUT2D eigenvalue weighted by atomic mass is 10.0. The average molecular weight is 401 g/mol. The third-order valence-corrected chi connectivity index (χ3v) is 6.28. The normalized spacial score (nSPS) is 19.1. The van der Waals surface area contributed by atoms with Gasteiger partial charge in [-0.25, -0.2) is 14.4 Å². The van der Waals surface area contributed by atoms with Crippen LogP contribution in [0.15, 0.2) is 61.4 Å². The van der Waals surface area contributed by atoms with Gasteiger partial charge in [-0.2, -0.15) is 0 Å². The number of hydrogen-bond donors (Lipinski definition) is 3. The van der Waals surface area contributed by atoms with Crippen molar-refractivity contribution in [3.63, 3.8) is 0 Å². The van der Waals surface area contributed by atoms with Crippen molar-refractivity contribution in [3.8, 4) is 0 Å². The number of benzene rings is 2. The second-order valence-electron chi connectivity index (χ2n) is 8.09. The van der Waals surface area contributed by atoms with Crippen molar-refractivity contribution >= 4 is 5.69 Å². The van der Waals surface area contributed by atoms with E-state index in [-0.39, 0.29) is 5.82 Å². The third-order valence-electron chi connectivity index (χ3n) is 6.28. The second-order valence-corrected chi connectivity index (χ2v) is 8.09. The monoisotopic (exact) mass is 401 g/mol. The summed E-state index contributed by atoms with van der Waals surface area (Å²) >= 11 is 0. The van der Waals surface area contributed by atoms with Crippen molar-refractivity contribution in [1.82, 2.24) is 19.9 Å². The number of aromatic nitrogens is 4. The molecule has 2 unspecified atom stereocenters. The van der Waals surface area contributed by atoms with E-state index < -0.39 is 0 Å². The average Bonchev–Trinajstić information content (AvgIpc) is 3.55. The van der Waals surface area contributed by atoms with Crippen LogP contribution in [-0.2, 0) is 25.7 Å². The van der Waals surface area contributed by atoms with E-state index in [2.05, 4.69) is 26.0 Å². The van der Waals surface area contributed by atoms with E-state index in [1.165, 1.54) is 22.9 Å². The van der Waals surface area contributed by atoms with Gasteiger partial charge in [0.1, 0.15) is 5.82 Å². The summed E-state index contributed by atoms with van der Waals surface area (Å²) in [5, 5.41) is 0. The van der Waals surface area contributed by atoms with Crippen molar-refractivity contribution in [3.05, 3.63) is 101 Å². The Balaban J connectivity index is 0.000000128. The SMILES string of the molecule is Fc1cccc2c1CC(c1cnc[nH]1)C2.Nc1cccc2c1CC(c1cnc[nH]1)C2. The fraction of sp³-hybridized carbons (Fsp3) is 0.250. The van der Waals surface area contributed by atoms with Crippen LogP contribution in [0, 0.1) is 5.82 Å². The number of fused-ring (bicyclic) bond motifs is 2. The number of nitrogens with two attached hydrogens (primary N) is 1. The van der Waals surface area contributed by atoms with Gasteiger partial charge in [-0.15, -0.1) is 0 Å². The van der Waals surface area contributed by atoms with E-state index in [9.17, 15) is 4.39 Å². The Morgan fingerprint density at radius 1 is 0.767 bits per heavy atom. The third kappa shape index (κ3) is 3.49. The minimum atomic E-state index is -0.0745. The van der Waals surface area contributed by atoms with Crippen molar-refractivity contribution < 1.29 is 4.39 Å². The van der Waals surface area contributed by atoms with Crippen LogP contribution in [0.2, 0.25) is 0 Å². The van der Waals surface area contributed by atoms with Crippen molar-refractivity contribution in [2.75, 3.05) is 5.73 Å². The predicted molar refractivity (Wildman–Crippen MR) is 115 cm³/mol. The zero-order valence-electron chi connectivity index (χ0n) is 16.6. The molecule has 2 aliphatic carbocycles. The van der Waals surface area contributed by atoms with Crippen molar-refractivity contribution in [1.29, 1.82) is 0 Å². The highest BCUT2D eigenvalue weighted by atomic mass is 19.1.